The van der Waals surface area contributed by atoms with E-state index in [1.807, 2.05) is 13.8 Å². The van der Waals surface area contributed by atoms with Crippen molar-refractivity contribution in [1.29, 1.82) is 0 Å². The molecule has 0 radical (unpaired) electrons. The Hall–Kier alpha value is -1.14. The summed E-state index contributed by atoms with van der Waals surface area (Å²) in [5.41, 5.74) is 6.03. The van der Waals surface area contributed by atoms with Crippen molar-refractivity contribution in [2.45, 2.75) is 13.8 Å². The number of aromatic nitrogens is 4. The second-order valence-electron chi connectivity index (χ2n) is 3.17. The van der Waals surface area contributed by atoms with Crippen LogP contribution in [0.25, 0.3) is 22.1 Å². The first kappa shape index (κ1) is 8.19. The molecular formula is C8H6N4S2. The SMILES string of the molecule is Cc1c2nsnc2c(C)c2[n-][s+]nc12. The van der Waals surface area contributed by atoms with E-state index < -0.39 is 0 Å². The Labute approximate surface area is 88.2 Å². The second-order valence-corrected chi connectivity index (χ2v) is 4.23. The van der Waals surface area contributed by atoms with Crippen LogP contribution in [0, 0.1) is 13.8 Å². The molecule has 4 nitrogen and oxygen atoms in total. The molecule has 0 aliphatic rings. The Balaban J connectivity index is 2.72. The minimum atomic E-state index is 0.965. The largest absolute Gasteiger partial charge is 0.279 e. The van der Waals surface area contributed by atoms with Crippen LogP contribution in [0.4, 0.5) is 0 Å². The molecular weight excluding hydrogens is 216 g/mol. The Morgan fingerprint density at radius 2 is 1.79 bits per heavy atom. The molecule has 0 atom stereocenters. The van der Waals surface area contributed by atoms with E-state index in [1.165, 1.54) is 23.5 Å². The third-order valence-electron chi connectivity index (χ3n) is 2.40. The first-order valence-electron chi connectivity index (χ1n) is 4.12. The molecule has 3 aromatic rings. The summed E-state index contributed by atoms with van der Waals surface area (Å²) in [7, 11) is 0. The Bertz CT molecular complexity index is 522. The lowest BCUT2D eigenvalue weighted by Gasteiger charge is -2.01. The first-order chi connectivity index (χ1) is 6.79. The monoisotopic (exact) mass is 222 g/mol. The summed E-state index contributed by atoms with van der Waals surface area (Å²) in [5, 5.41) is 0. The van der Waals surface area contributed by atoms with Gasteiger partial charge >= 0.3 is 0 Å². The number of aryl methyl sites for hydroxylation is 2. The highest BCUT2D eigenvalue weighted by Gasteiger charge is 2.12. The molecule has 0 saturated carbocycles. The van der Waals surface area contributed by atoms with E-state index in [2.05, 4.69) is 17.5 Å². The molecule has 0 unspecified atom stereocenters. The van der Waals surface area contributed by atoms with Crippen molar-refractivity contribution < 1.29 is 0 Å². The van der Waals surface area contributed by atoms with Gasteiger partial charge in [0.2, 0.25) is 0 Å². The lowest BCUT2D eigenvalue weighted by atomic mass is 10.1. The summed E-state index contributed by atoms with van der Waals surface area (Å²) in [5.74, 6) is 0. The number of nitrogens with zero attached hydrogens (tertiary/aromatic N) is 4. The van der Waals surface area contributed by atoms with Crippen LogP contribution in [0.5, 0.6) is 0 Å². The zero-order chi connectivity index (χ0) is 9.71. The van der Waals surface area contributed by atoms with Gasteiger partial charge in [0.05, 0.1) is 11.7 Å². The van der Waals surface area contributed by atoms with E-state index in [9.17, 15) is 0 Å². The minimum absolute atomic E-state index is 0.965. The molecule has 0 aliphatic carbocycles. The van der Waals surface area contributed by atoms with Crippen LogP contribution in [0.2, 0.25) is 0 Å². The van der Waals surface area contributed by atoms with Gasteiger partial charge in [0.1, 0.15) is 11.0 Å². The molecule has 0 spiro atoms. The van der Waals surface area contributed by atoms with Gasteiger partial charge in [0.25, 0.3) is 11.7 Å². The number of hydrogen-bond donors (Lipinski definition) is 0. The highest BCUT2D eigenvalue weighted by Crippen LogP contribution is 2.28. The van der Waals surface area contributed by atoms with Crippen molar-refractivity contribution in [1.82, 2.24) is 17.5 Å². The maximum Gasteiger partial charge on any atom is 0.279 e. The standard InChI is InChI=1S/C8H6N4S2/c1-3-5-7(11-13-9-5)4(2)8-6(3)10-14-12-8/h1-2H3. The molecule has 0 N–H and O–H groups in total. The van der Waals surface area contributed by atoms with E-state index in [4.69, 9.17) is 0 Å². The lowest BCUT2D eigenvalue weighted by Crippen LogP contribution is -1.86. The van der Waals surface area contributed by atoms with Gasteiger partial charge in [-0.1, -0.05) is 0 Å². The van der Waals surface area contributed by atoms with Gasteiger partial charge in [0.15, 0.2) is 0 Å². The lowest BCUT2D eigenvalue weighted by molar-refractivity contribution is 1.43. The molecule has 14 heavy (non-hydrogen) atoms. The van der Waals surface area contributed by atoms with Crippen molar-refractivity contribution in [2.75, 3.05) is 0 Å². The minimum Gasteiger partial charge on any atom is -0.173 e. The van der Waals surface area contributed by atoms with Gasteiger partial charge in [0, 0.05) is 11.0 Å². The number of fused-ring (bicyclic) bond motifs is 2. The molecule has 3 rings (SSSR count). The Morgan fingerprint density at radius 1 is 1.07 bits per heavy atom. The first-order valence-corrected chi connectivity index (χ1v) is 5.59. The summed E-state index contributed by atoms with van der Waals surface area (Å²) in [4.78, 5) is 0. The maximum atomic E-state index is 4.28. The van der Waals surface area contributed by atoms with E-state index in [0.29, 0.717) is 0 Å². The molecule has 0 amide bonds. The van der Waals surface area contributed by atoms with Crippen LogP contribution in [0.1, 0.15) is 11.1 Å². The molecule has 0 bridgehead atoms. The molecule has 1 aromatic carbocycles. The normalized spacial score (nSPS) is 11.6. The number of rotatable bonds is 0. The smallest absolute Gasteiger partial charge is 0.173 e. The predicted molar refractivity (Wildman–Crippen MR) is 57.8 cm³/mol. The molecule has 0 saturated heterocycles. The molecule has 0 aliphatic heterocycles. The van der Waals surface area contributed by atoms with Gasteiger partial charge in [-0.25, -0.2) is 0 Å². The van der Waals surface area contributed by atoms with Crippen molar-refractivity contribution in [3.8, 4) is 0 Å². The van der Waals surface area contributed by atoms with Gasteiger partial charge in [-0.15, -0.1) is 0 Å². The summed E-state index contributed by atoms with van der Waals surface area (Å²) >= 11 is 2.49. The van der Waals surface area contributed by atoms with E-state index in [1.54, 1.807) is 0 Å². The van der Waals surface area contributed by atoms with Crippen molar-refractivity contribution in [3.05, 3.63) is 11.1 Å². The Morgan fingerprint density at radius 3 is 2.57 bits per heavy atom. The summed E-state index contributed by atoms with van der Waals surface area (Å²) in [6.45, 7) is 4.04. The quantitative estimate of drug-likeness (QED) is 0.547. The average molecular weight is 222 g/mol. The average Bonchev–Trinajstić information content (AvgIpc) is 2.82. The molecule has 70 valence electrons. The van der Waals surface area contributed by atoms with Crippen molar-refractivity contribution in [2.24, 2.45) is 0 Å². The van der Waals surface area contributed by atoms with Crippen LogP contribution < -0.4 is 4.37 Å². The maximum absolute atomic E-state index is 4.28. The van der Waals surface area contributed by atoms with E-state index in [-0.39, 0.29) is 0 Å². The van der Waals surface area contributed by atoms with Crippen LogP contribution in [0.15, 0.2) is 0 Å². The highest BCUT2D eigenvalue weighted by atomic mass is 32.1. The number of hydrogen-bond acceptors (Lipinski definition) is 4. The third kappa shape index (κ3) is 0.869. The highest BCUT2D eigenvalue weighted by molar-refractivity contribution is 7.00. The molecule has 0 fully saturated rings. The van der Waals surface area contributed by atoms with Crippen molar-refractivity contribution in [3.63, 3.8) is 0 Å². The number of benzene rings is 1. The fraction of sp³-hybridized carbons (Fsp3) is 0.250. The van der Waals surface area contributed by atoms with Crippen LogP contribution in [0.3, 0.4) is 0 Å². The fourth-order valence-electron chi connectivity index (χ4n) is 1.59. The van der Waals surface area contributed by atoms with E-state index in [0.717, 1.165) is 33.2 Å². The summed E-state index contributed by atoms with van der Waals surface area (Å²) in [6, 6.07) is 0. The predicted octanol–water partition coefficient (Wildman–Crippen LogP) is 2.16. The summed E-state index contributed by atoms with van der Waals surface area (Å²) < 4.78 is 17.1. The van der Waals surface area contributed by atoms with Gasteiger partial charge in [-0.2, -0.15) is 17.5 Å². The summed E-state index contributed by atoms with van der Waals surface area (Å²) in [6.07, 6.45) is 0. The molecule has 6 heteroatoms. The Kier molecular flexibility index (Phi) is 1.57. The van der Waals surface area contributed by atoms with Gasteiger partial charge < -0.3 is 0 Å². The third-order valence-corrected chi connectivity index (χ3v) is 3.45. The molecule has 2 heterocycles. The van der Waals surface area contributed by atoms with Gasteiger partial charge in [-0.3, -0.25) is 0 Å². The van der Waals surface area contributed by atoms with E-state index >= 15 is 0 Å². The topological polar surface area (TPSA) is 52.8 Å². The van der Waals surface area contributed by atoms with Crippen molar-refractivity contribution >= 4 is 45.5 Å². The molecule has 2 aromatic heterocycles. The van der Waals surface area contributed by atoms with Crippen LogP contribution in [-0.4, -0.2) is 13.1 Å². The fourth-order valence-corrected chi connectivity index (χ4v) is 2.89. The zero-order valence-electron chi connectivity index (χ0n) is 7.61. The van der Waals surface area contributed by atoms with Crippen LogP contribution in [-0.2, 0) is 0 Å². The second kappa shape index (κ2) is 2.68. The van der Waals surface area contributed by atoms with Crippen LogP contribution >= 0.6 is 23.5 Å². The van der Waals surface area contributed by atoms with Gasteiger partial charge in [-0.05, 0) is 25.0 Å². The zero-order valence-corrected chi connectivity index (χ0v) is 9.24.